The molecule has 1 fully saturated rings. The molecule has 1 aromatic rings. The van der Waals surface area contributed by atoms with Crippen molar-refractivity contribution >= 4 is 11.6 Å². The number of nitrogens with one attached hydrogen (secondary N) is 1. The number of hydrogen-bond donors (Lipinski definition) is 1. The van der Waals surface area contributed by atoms with Crippen LogP contribution in [-0.2, 0) is 4.79 Å². The number of benzene rings is 1. The highest BCUT2D eigenvalue weighted by atomic mass is 16.1. The first-order valence-electron chi connectivity index (χ1n) is 6.41. The van der Waals surface area contributed by atoms with E-state index in [1.165, 1.54) is 6.08 Å². The molecule has 98 valence electrons. The van der Waals surface area contributed by atoms with Crippen LogP contribution in [0.1, 0.15) is 18.4 Å². The van der Waals surface area contributed by atoms with Crippen molar-refractivity contribution in [1.29, 1.82) is 5.26 Å². The summed E-state index contributed by atoms with van der Waals surface area (Å²) in [4.78, 5) is 13.5. The van der Waals surface area contributed by atoms with Crippen molar-refractivity contribution in [2.45, 2.75) is 18.9 Å². The van der Waals surface area contributed by atoms with Gasteiger partial charge in [0.05, 0.1) is 11.3 Å². The second kappa shape index (κ2) is 6.05. The van der Waals surface area contributed by atoms with Crippen LogP contribution in [0.15, 0.2) is 36.9 Å². The number of amides is 1. The fourth-order valence-electron chi connectivity index (χ4n) is 2.42. The van der Waals surface area contributed by atoms with E-state index in [1.807, 2.05) is 24.3 Å². The van der Waals surface area contributed by atoms with Gasteiger partial charge in [-0.2, -0.15) is 5.26 Å². The number of hydrogen-bond acceptors (Lipinski definition) is 3. The standard InChI is InChI=1S/C15H17N3O/c1-2-15(19)17-13-7-5-9-18(11-13)14-8-4-3-6-12(14)10-16/h2-4,6,8,13H,1,5,7,9,11H2,(H,17,19). The molecule has 4 heteroatoms. The number of piperidine rings is 1. The molecule has 0 spiro atoms. The average molecular weight is 255 g/mol. The summed E-state index contributed by atoms with van der Waals surface area (Å²) in [7, 11) is 0. The van der Waals surface area contributed by atoms with Gasteiger partial charge in [0.15, 0.2) is 0 Å². The minimum Gasteiger partial charge on any atom is -0.368 e. The average Bonchev–Trinajstić information content (AvgIpc) is 2.47. The van der Waals surface area contributed by atoms with Gasteiger partial charge < -0.3 is 10.2 Å². The van der Waals surface area contributed by atoms with Crippen molar-refractivity contribution in [1.82, 2.24) is 5.32 Å². The smallest absolute Gasteiger partial charge is 0.243 e. The summed E-state index contributed by atoms with van der Waals surface area (Å²) in [5.41, 5.74) is 1.63. The fourth-order valence-corrected chi connectivity index (χ4v) is 2.42. The Morgan fingerprint density at radius 2 is 2.32 bits per heavy atom. The van der Waals surface area contributed by atoms with Crippen LogP contribution in [0.3, 0.4) is 0 Å². The van der Waals surface area contributed by atoms with Crippen molar-refractivity contribution in [2.75, 3.05) is 18.0 Å². The predicted octanol–water partition coefficient (Wildman–Crippen LogP) is 1.83. The minimum absolute atomic E-state index is 0.117. The monoisotopic (exact) mass is 255 g/mol. The first kappa shape index (κ1) is 13.2. The van der Waals surface area contributed by atoms with Crippen molar-refractivity contribution in [3.05, 3.63) is 42.5 Å². The van der Waals surface area contributed by atoms with E-state index in [0.29, 0.717) is 5.56 Å². The molecule has 2 rings (SSSR count). The second-order valence-electron chi connectivity index (χ2n) is 4.63. The quantitative estimate of drug-likeness (QED) is 0.838. The Bertz CT molecular complexity index is 518. The summed E-state index contributed by atoms with van der Waals surface area (Å²) in [5.74, 6) is -0.139. The van der Waals surface area contributed by atoms with Crippen LogP contribution in [0.25, 0.3) is 0 Å². The van der Waals surface area contributed by atoms with Gasteiger partial charge >= 0.3 is 0 Å². The zero-order valence-electron chi connectivity index (χ0n) is 10.8. The third kappa shape index (κ3) is 3.14. The lowest BCUT2D eigenvalue weighted by atomic mass is 10.0. The second-order valence-corrected chi connectivity index (χ2v) is 4.63. The lowest BCUT2D eigenvalue weighted by Gasteiger charge is -2.35. The van der Waals surface area contributed by atoms with Gasteiger partial charge in [-0.25, -0.2) is 0 Å². The zero-order valence-corrected chi connectivity index (χ0v) is 10.8. The number of nitriles is 1. The van der Waals surface area contributed by atoms with Gasteiger partial charge in [0.1, 0.15) is 6.07 Å². The highest BCUT2D eigenvalue weighted by Gasteiger charge is 2.22. The summed E-state index contributed by atoms with van der Waals surface area (Å²) in [6, 6.07) is 9.90. The van der Waals surface area contributed by atoms with Crippen molar-refractivity contribution in [3.8, 4) is 6.07 Å². The summed E-state index contributed by atoms with van der Waals surface area (Å²) < 4.78 is 0. The van der Waals surface area contributed by atoms with Gasteiger partial charge in [-0.15, -0.1) is 0 Å². The van der Waals surface area contributed by atoms with E-state index in [2.05, 4.69) is 22.9 Å². The Kier molecular flexibility index (Phi) is 4.19. The molecular weight excluding hydrogens is 238 g/mol. The Balaban J connectivity index is 2.11. The fraction of sp³-hybridized carbons (Fsp3) is 0.333. The minimum atomic E-state index is -0.139. The SMILES string of the molecule is C=CC(=O)NC1CCCN(c2ccccc2C#N)C1. The number of rotatable bonds is 3. The summed E-state index contributed by atoms with van der Waals surface area (Å²) in [6.45, 7) is 5.11. The Morgan fingerprint density at radius 1 is 1.53 bits per heavy atom. The molecule has 1 unspecified atom stereocenters. The number of carbonyl (C=O) groups excluding carboxylic acids is 1. The van der Waals surface area contributed by atoms with Gasteiger partial charge in [-0.05, 0) is 31.1 Å². The van der Waals surface area contributed by atoms with E-state index in [9.17, 15) is 4.79 Å². The lowest BCUT2D eigenvalue weighted by molar-refractivity contribution is -0.117. The predicted molar refractivity (Wildman–Crippen MR) is 74.7 cm³/mol. The maximum Gasteiger partial charge on any atom is 0.243 e. The molecule has 0 bridgehead atoms. The van der Waals surface area contributed by atoms with E-state index in [-0.39, 0.29) is 11.9 Å². The maximum absolute atomic E-state index is 11.3. The zero-order chi connectivity index (χ0) is 13.7. The highest BCUT2D eigenvalue weighted by molar-refractivity contribution is 5.87. The molecule has 1 amide bonds. The molecule has 19 heavy (non-hydrogen) atoms. The molecule has 1 atom stereocenters. The number of nitrogens with zero attached hydrogens (tertiary/aromatic N) is 2. The van der Waals surface area contributed by atoms with E-state index in [4.69, 9.17) is 5.26 Å². The molecule has 1 aliphatic heterocycles. The van der Waals surface area contributed by atoms with Crippen molar-refractivity contribution in [3.63, 3.8) is 0 Å². The van der Waals surface area contributed by atoms with Crippen LogP contribution < -0.4 is 10.2 Å². The number of carbonyl (C=O) groups is 1. The van der Waals surface area contributed by atoms with Crippen molar-refractivity contribution < 1.29 is 4.79 Å². The highest BCUT2D eigenvalue weighted by Crippen LogP contribution is 2.23. The third-order valence-electron chi connectivity index (χ3n) is 3.32. The van der Waals surface area contributed by atoms with Crippen molar-refractivity contribution in [2.24, 2.45) is 0 Å². The van der Waals surface area contributed by atoms with Crippen LogP contribution in [0.5, 0.6) is 0 Å². The topological polar surface area (TPSA) is 56.1 Å². The first-order valence-corrected chi connectivity index (χ1v) is 6.41. The molecule has 0 radical (unpaired) electrons. The Hall–Kier alpha value is -2.28. The summed E-state index contributed by atoms with van der Waals surface area (Å²) in [5, 5.41) is 12.1. The molecule has 1 N–H and O–H groups in total. The molecule has 1 saturated heterocycles. The van der Waals surface area contributed by atoms with Gasteiger partial charge in [-0.3, -0.25) is 4.79 Å². The van der Waals surface area contributed by atoms with Gasteiger partial charge in [-0.1, -0.05) is 18.7 Å². The van der Waals surface area contributed by atoms with Crippen LogP contribution in [0.2, 0.25) is 0 Å². The van der Waals surface area contributed by atoms with Gasteiger partial charge in [0.25, 0.3) is 0 Å². The molecule has 1 aromatic carbocycles. The molecule has 0 saturated carbocycles. The lowest BCUT2D eigenvalue weighted by Crippen LogP contribution is -2.47. The van der Waals surface area contributed by atoms with E-state index in [1.54, 1.807) is 0 Å². The maximum atomic E-state index is 11.3. The molecule has 0 aromatic heterocycles. The van der Waals surface area contributed by atoms with Gasteiger partial charge in [0, 0.05) is 19.1 Å². The largest absolute Gasteiger partial charge is 0.368 e. The molecule has 1 aliphatic rings. The number of anilines is 1. The van der Waals surface area contributed by atoms with Crippen LogP contribution in [0.4, 0.5) is 5.69 Å². The van der Waals surface area contributed by atoms with E-state index in [0.717, 1.165) is 31.6 Å². The van der Waals surface area contributed by atoms with E-state index >= 15 is 0 Å². The molecule has 1 heterocycles. The van der Waals surface area contributed by atoms with Gasteiger partial charge in [0.2, 0.25) is 5.91 Å². The van der Waals surface area contributed by atoms with Crippen LogP contribution >= 0.6 is 0 Å². The Morgan fingerprint density at radius 3 is 3.05 bits per heavy atom. The number of para-hydroxylation sites is 1. The van der Waals surface area contributed by atoms with Crippen LogP contribution in [0, 0.1) is 11.3 Å². The Labute approximate surface area is 113 Å². The molecular formula is C15H17N3O. The normalized spacial score (nSPS) is 18.5. The van der Waals surface area contributed by atoms with Crippen LogP contribution in [-0.4, -0.2) is 25.0 Å². The third-order valence-corrected chi connectivity index (χ3v) is 3.32. The molecule has 4 nitrogen and oxygen atoms in total. The molecule has 0 aliphatic carbocycles. The van der Waals surface area contributed by atoms with E-state index < -0.39 is 0 Å². The summed E-state index contributed by atoms with van der Waals surface area (Å²) in [6.07, 6.45) is 3.26. The summed E-state index contributed by atoms with van der Waals surface area (Å²) >= 11 is 0. The first-order chi connectivity index (χ1) is 9.24.